The van der Waals surface area contributed by atoms with Gasteiger partial charge in [-0.15, -0.1) is 28.1 Å². The maximum atomic E-state index is 12.8. The summed E-state index contributed by atoms with van der Waals surface area (Å²) in [6, 6.07) is 8.19. The molecule has 0 bridgehead atoms. The van der Waals surface area contributed by atoms with E-state index >= 15 is 0 Å². The molecule has 1 amide bonds. The van der Waals surface area contributed by atoms with Crippen LogP contribution in [-0.2, 0) is 35.5 Å². The predicted octanol–water partition coefficient (Wildman–Crippen LogP) is 5.62. The van der Waals surface area contributed by atoms with Crippen LogP contribution < -0.4 is 10.6 Å². The molecule has 2 aromatic heterocycles. The lowest BCUT2D eigenvalue weighted by atomic mass is 9.95. The molecule has 0 radical (unpaired) electrons. The van der Waals surface area contributed by atoms with E-state index in [1.807, 2.05) is 22.8 Å². The molecular weight excluding hydrogens is 506 g/mol. The van der Waals surface area contributed by atoms with Crippen molar-refractivity contribution in [2.75, 3.05) is 23.0 Å². The van der Waals surface area contributed by atoms with Gasteiger partial charge in [-0.2, -0.15) is 0 Å². The molecule has 0 saturated carbocycles. The standard InChI is InChI=1S/C27H33N5O3S2/c1-4-15-32-22(17-28-19-12-10-18(3)11-13-19)30-31-27(32)36-16-14-23(33)29-25-24(26(34)35-5-2)20-8-6-7-9-21(20)37-25/h4,10-13,28H,1,5-9,14-17H2,2-3H3,(H,29,33). The Labute approximate surface area is 225 Å². The Morgan fingerprint density at radius 3 is 2.76 bits per heavy atom. The predicted molar refractivity (Wildman–Crippen MR) is 150 cm³/mol. The molecule has 0 atom stereocenters. The first-order valence-corrected chi connectivity index (χ1v) is 14.4. The van der Waals surface area contributed by atoms with E-state index in [-0.39, 0.29) is 18.3 Å². The monoisotopic (exact) mass is 539 g/mol. The fraction of sp³-hybridized carbons (Fsp3) is 0.407. The average molecular weight is 540 g/mol. The molecule has 2 N–H and O–H groups in total. The van der Waals surface area contributed by atoms with E-state index in [1.54, 1.807) is 6.92 Å². The highest BCUT2D eigenvalue weighted by Crippen LogP contribution is 2.38. The zero-order chi connectivity index (χ0) is 26.2. The maximum absolute atomic E-state index is 12.8. The molecule has 1 aliphatic rings. The molecule has 8 nitrogen and oxygen atoms in total. The third-order valence-electron chi connectivity index (χ3n) is 6.07. The number of esters is 1. The lowest BCUT2D eigenvalue weighted by Crippen LogP contribution is -2.16. The molecule has 10 heteroatoms. The molecule has 0 aliphatic heterocycles. The van der Waals surface area contributed by atoms with Gasteiger partial charge in [-0.25, -0.2) is 4.79 Å². The van der Waals surface area contributed by atoms with Crippen LogP contribution in [0.5, 0.6) is 0 Å². The Morgan fingerprint density at radius 1 is 1.22 bits per heavy atom. The zero-order valence-electron chi connectivity index (χ0n) is 21.3. The number of thioether (sulfide) groups is 1. The summed E-state index contributed by atoms with van der Waals surface area (Å²) in [7, 11) is 0. The number of hydrogen-bond donors (Lipinski definition) is 2. The number of aryl methyl sites for hydroxylation is 2. The molecule has 0 unspecified atom stereocenters. The third-order valence-corrected chi connectivity index (χ3v) is 8.25. The quantitative estimate of drug-likeness (QED) is 0.175. The molecular formula is C27H33N5O3S2. The van der Waals surface area contributed by atoms with Gasteiger partial charge < -0.3 is 19.9 Å². The van der Waals surface area contributed by atoms with Crippen molar-refractivity contribution in [1.82, 2.24) is 14.8 Å². The van der Waals surface area contributed by atoms with Crippen molar-refractivity contribution in [2.45, 2.75) is 64.2 Å². The van der Waals surface area contributed by atoms with Crippen LogP contribution in [0.15, 0.2) is 42.1 Å². The van der Waals surface area contributed by atoms with E-state index in [1.165, 1.54) is 33.5 Å². The SMILES string of the molecule is C=CCn1c(CNc2ccc(C)cc2)nnc1SCCC(=O)Nc1sc2c(c1C(=O)OCC)CCCC2. The minimum Gasteiger partial charge on any atom is -0.462 e. The highest BCUT2D eigenvalue weighted by atomic mass is 32.2. The Kier molecular flexibility index (Phi) is 9.40. The van der Waals surface area contributed by atoms with Crippen LogP contribution in [0.4, 0.5) is 10.7 Å². The first kappa shape index (κ1) is 26.9. The average Bonchev–Trinajstić information content (AvgIpc) is 3.44. The second-order valence-corrected chi connectivity index (χ2v) is 11.0. The number of aromatic nitrogens is 3. The van der Waals surface area contributed by atoms with Crippen molar-refractivity contribution in [1.29, 1.82) is 0 Å². The molecule has 1 aromatic carbocycles. The minimum absolute atomic E-state index is 0.132. The lowest BCUT2D eigenvalue weighted by molar-refractivity contribution is -0.115. The first-order chi connectivity index (χ1) is 18.0. The van der Waals surface area contributed by atoms with Gasteiger partial charge in [-0.1, -0.05) is 35.5 Å². The normalized spacial score (nSPS) is 12.6. The molecule has 4 rings (SSSR count). The van der Waals surface area contributed by atoms with Gasteiger partial charge in [0.05, 0.1) is 18.7 Å². The number of carbonyl (C=O) groups excluding carboxylic acids is 2. The third kappa shape index (κ3) is 6.81. The van der Waals surface area contributed by atoms with Gasteiger partial charge in [0.2, 0.25) is 5.91 Å². The van der Waals surface area contributed by atoms with Crippen molar-refractivity contribution >= 4 is 45.7 Å². The van der Waals surface area contributed by atoms with Gasteiger partial charge >= 0.3 is 5.97 Å². The van der Waals surface area contributed by atoms with Crippen molar-refractivity contribution in [2.24, 2.45) is 0 Å². The molecule has 0 fully saturated rings. The largest absolute Gasteiger partial charge is 0.462 e. The molecule has 0 spiro atoms. The van der Waals surface area contributed by atoms with Crippen molar-refractivity contribution < 1.29 is 14.3 Å². The van der Waals surface area contributed by atoms with Crippen molar-refractivity contribution in [3.05, 3.63) is 64.3 Å². The summed E-state index contributed by atoms with van der Waals surface area (Å²) in [5, 5.41) is 16.4. The fourth-order valence-corrected chi connectivity index (χ4v) is 6.42. The Morgan fingerprint density at radius 2 is 2.00 bits per heavy atom. The van der Waals surface area contributed by atoms with Gasteiger partial charge in [-0.3, -0.25) is 4.79 Å². The van der Waals surface area contributed by atoms with Gasteiger partial charge in [-0.05, 0) is 57.2 Å². The fourth-order valence-electron chi connectivity index (χ4n) is 4.22. The number of nitrogens with zero attached hydrogens (tertiary/aromatic N) is 3. The Balaban J connectivity index is 1.36. The van der Waals surface area contributed by atoms with E-state index in [4.69, 9.17) is 4.74 Å². The van der Waals surface area contributed by atoms with Crippen LogP contribution in [0.25, 0.3) is 0 Å². The summed E-state index contributed by atoms with van der Waals surface area (Å²) in [6.45, 7) is 9.13. The Bertz CT molecular complexity index is 1250. The second kappa shape index (κ2) is 12.9. The summed E-state index contributed by atoms with van der Waals surface area (Å²) < 4.78 is 7.29. The maximum Gasteiger partial charge on any atom is 0.341 e. The number of ether oxygens (including phenoxy) is 1. The number of nitrogens with one attached hydrogen (secondary N) is 2. The summed E-state index contributed by atoms with van der Waals surface area (Å²) in [5.74, 6) is 0.853. The summed E-state index contributed by atoms with van der Waals surface area (Å²) in [4.78, 5) is 26.6. The van der Waals surface area contributed by atoms with Crippen molar-refractivity contribution in [3.8, 4) is 0 Å². The van der Waals surface area contributed by atoms with E-state index in [2.05, 4.69) is 46.5 Å². The number of benzene rings is 1. The van der Waals surface area contributed by atoms with Gasteiger partial charge in [0.15, 0.2) is 11.0 Å². The van der Waals surface area contributed by atoms with E-state index in [0.717, 1.165) is 47.9 Å². The topological polar surface area (TPSA) is 98.1 Å². The number of rotatable bonds is 12. The number of hydrogen-bond acceptors (Lipinski definition) is 8. The van der Waals surface area contributed by atoms with Crippen molar-refractivity contribution in [3.63, 3.8) is 0 Å². The molecule has 2 heterocycles. The van der Waals surface area contributed by atoms with Gasteiger partial charge in [0.1, 0.15) is 5.00 Å². The summed E-state index contributed by atoms with van der Waals surface area (Å²) in [6.07, 6.45) is 6.05. The highest BCUT2D eigenvalue weighted by Gasteiger charge is 2.27. The lowest BCUT2D eigenvalue weighted by Gasteiger charge is -2.12. The van der Waals surface area contributed by atoms with Gasteiger partial charge in [0.25, 0.3) is 0 Å². The smallest absolute Gasteiger partial charge is 0.341 e. The molecule has 3 aromatic rings. The van der Waals surface area contributed by atoms with Gasteiger partial charge in [0, 0.05) is 29.3 Å². The van der Waals surface area contributed by atoms with E-state index < -0.39 is 0 Å². The van der Waals surface area contributed by atoms with E-state index in [9.17, 15) is 9.59 Å². The molecule has 1 aliphatic carbocycles. The van der Waals surface area contributed by atoms with E-state index in [0.29, 0.717) is 36.0 Å². The number of thiophene rings is 1. The number of fused-ring (bicyclic) bond motifs is 1. The van der Waals surface area contributed by atoms with Crippen LogP contribution in [0.3, 0.4) is 0 Å². The molecule has 37 heavy (non-hydrogen) atoms. The summed E-state index contributed by atoms with van der Waals surface area (Å²) in [5.41, 5.74) is 3.81. The van der Waals surface area contributed by atoms with Crippen LogP contribution in [0.1, 0.15) is 58.4 Å². The minimum atomic E-state index is -0.351. The molecule has 0 saturated heterocycles. The zero-order valence-corrected chi connectivity index (χ0v) is 23.0. The molecule has 196 valence electrons. The number of allylic oxidation sites excluding steroid dienone is 1. The second-order valence-electron chi connectivity index (χ2n) is 8.80. The number of carbonyl (C=O) groups is 2. The Hall–Kier alpha value is -3.11. The number of anilines is 2. The van der Waals surface area contributed by atoms with Crippen LogP contribution >= 0.6 is 23.1 Å². The summed E-state index contributed by atoms with van der Waals surface area (Å²) >= 11 is 2.99. The van der Waals surface area contributed by atoms with Crippen LogP contribution in [0, 0.1) is 6.92 Å². The number of amides is 1. The van der Waals surface area contributed by atoms with Crippen LogP contribution in [0.2, 0.25) is 0 Å². The van der Waals surface area contributed by atoms with Crippen LogP contribution in [-0.4, -0.2) is 39.0 Å². The highest BCUT2D eigenvalue weighted by molar-refractivity contribution is 7.99. The first-order valence-electron chi connectivity index (χ1n) is 12.6.